The van der Waals surface area contributed by atoms with E-state index in [9.17, 15) is 0 Å². The van der Waals surface area contributed by atoms with Crippen molar-refractivity contribution in [2.45, 2.75) is 52.4 Å². The third-order valence-corrected chi connectivity index (χ3v) is 3.84. The zero-order valence-electron chi connectivity index (χ0n) is 12.9. The maximum atomic E-state index is 4.49. The molecule has 0 amide bonds. The first-order valence-electron chi connectivity index (χ1n) is 7.43. The van der Waals surface area contributed by atoms with Crippen LogP contribution in [0.25, 0.3) is 0 Å². The Hall–Kier alpha value is -1.70. The Morgan fingerprint density at radius 3 is 2.45 bits per heavy atom. The summed E-state index contributed by atoms with van der Waals surface area (Å²) in [6.07, 6.45) is 6.07. The molecule has 2 aromatic heterocycles. The second kappa shape index (κ2) is 6.65. The van der Waals surface area contributed by atoms with Crippen LogP contribution in [0.1, 0.15) is 61.5 Å². The highest BCUT2D eigenvalue weighted by Crippen LogP contribution is 2.21. The maximum Gasteiger partial charge on any atom is 0.0406 e. The van der Waals surface area contributed by atoms with E-state index in [-0.39, 0.29) is 0 Å². The summed E-state index contributed by atoms with van der Waals surface area (Å²) in [6, 6.07) is 8.63. The van der Waals surface area contributed by atoms with Gasteiger partial charge in [0.25, 0.3) is 0 Å². The van der Waals surface area contributed by atoms with Crippen LogP contribution in [0, 0.1) is 6.92 Å². The minimum atomic E-state index is 0.521. The lowest BCUT2D eigenvalue weighted by Gasteiger charge is -2.12. The Morgan fingerprint density at radius 2 is 1.80 bits per heavy atom. The number of aromatic nitrogens is 2. The highest BCUT2D eigenvalue weighted by atomic mass is 14.7. The van der Waals surface area contributed by atoms with Gasteiger partial charge in [0.05, 0.1) is 0 Å². The molecular weight excluding hydrogens is 244 g/mol. The molecule has 0 aromatic carbocycles. The Bertz CT molecular complexity index is 544. The summed E-state index contributed by atoms with van der Waals surface area (Å²) in [4.78, 5) is 8.86. The predicted molar refractivity (Wildman–Crippen MR) is 84.0 cm³/mol. The first-order valence-corrected chi connectivity index (χ1v) is 7.43. The number of pyridine rings is 2. The van der Waals surface area contributed by atoms with E-state index < -0.39 is 0 Å². The van der Waals surface area contributed by atoms with Crippen molar-refractivity contribution in [1.82, 2.24) is 9.97 Å². The standard InChI is InChI=1S/C18H24N2/c1-13(2)16-9-10-19-18(11-16)8-5-14(3)17-7-6-15(4)20-12-17/h6-7,9-14H,5,8H2,1-4H3. The summed E-state index contributed by atoms with van der Waals surface area (Å²) < 4.78 is 0. The van der Waals surface area contributed by atoms with Crippen molar-refractivity contribution in [1.29, 1.82) is 0 Å². The summed E-state index contributed by atoms with van der Waals surface area (Å²) in [5.74, 6) is 1.09. The van der Waals surface area contributed by atoms with Crippen LogP contribution in [-0.4, -0.2) is 9.97 Å². The number of hydrogen-bond acceptors (Lipinski definition) is 2. The molecule has 2 rings (SSSR count). The van der Waals surface area contributed by atoms with Crippen molar-refractivity contribution in [3.05, 3.63) is 59.2 Å². The van der Waals surface area contributed by atoms with Gasteiger partial charge in [-0.05, 0) is 60.9 Å². The predicted octanol–water partition coefficient (Wildman–Crippen LogP) is 4.64. The molecule has 20 heavy (non-hydrogen) atoms. The Labute approximate surface area is 122 Å². The summed E-state index contributed by atoms with van der Waals surface area (Å²) >= 11 is 0. The third-order valence-electron chi connectivity index (χ3n) is 3.84. The molecule has 0 fully saturated rings. The largest absolute Gasteiger partial charge is 0.261 e. The Balaban J connectivity index is 1.97. The molecule has 1 unspecified atom stereocenters. The first-order chi connectivity index (χ1) is 9.56. The molecule has 0 N–H and O–H groups in total. The van der Waals surface area contributed by atoms with Crippen LogP contribution in [0.2, 0.25) is 0 Å². The van der Waals surface area contributed by atoms with Crippen molar-refractivity contribution in [2.24, 2.45) is 0 Å². The first kappa shape index (κ1) is 14.7. The molecular formula is C18H24N2. The van der Waals surface area contributed by atoms with Crippen LogP contribution < -0.4 is 0 Å². The van der Waals surface area contributed by atoms with Crippen molar-refractivity contribution in [2.75, 3.05) is 0 Å². The number of nitrogens with zero attached hydrogens (tertiary/aromatic N) is 2. The van der Waals surface area contributed by atoms with E-state index in [1.165, 1.54) is 16.8 Å². The zero-order chi connectivity index (χ0) is 14.5. The lowest BCUT2D eigenvalue weighted by atomic mass is 9.95. The van der Waals surface area contributed by atoms with Crippen molar-refractivity contribution >= 4 is 0 Å². The van der Waals surface area contributed by atoms with Gasteiger partial charge in [-0.1, -0.05) is 26.8 Å². The van der Waals surface area contributed by atoms with Crippen molar-refractivity contribution < 1.29 is 0 Å². The minimum Gasteiger partial charge on any atom is -0.261 e. The molecule has 0 saturated carbocycles. The van der Waals surface area contributed by atoms with Gasteiger partial charge in [-0.25, -0.2) is 0 Å². The minimum absolute atomic E-state index is 0.521. The molecule has 2 nitrogen and oxygen atoms in total. The molecule has 2 aromatic rings. The van der Waals surface area contributed by atoms with Crippen LogP contribution in [-0.2, 0) is 6.42 Å². The number of aryl methyl sites for hydroxylation is 2. The van der Waals surface area contributed by atoms with Gasteiger partial charge >= 0.3 is 0 Å². The van der Waals surface area contributed by atoms with Crippen LogP contribution in [0.3, 0.4) is 0 Å². The van der Waals surface area contributed by atoms with Gasteiger partial charge in [0.1, 0.15) is 0 Å². The fourth-order valence-electron chi connectivity index (χ4n) is 2.29. The van der Waals surface area contributed by atoms with Crippen LogP contribution in [0.5, 0.6) is 0 Å². The second-order valence-electron chi connectivity index (χ2n) is 5.91. The van der Waals surface area contributed by atoms with E-state index in [4.69, 9.17) is 0 Å². The van der Waals surface area contributed by atoms with E-state index >= 15 is 0 Å². The van der Waals surface area contributed by atoms with Gasteiger partial charge in [-0.15, -0.1) is 0 Å². The smallest absolute Gasteiger partial charge is 0.0406 e. The molecule has 0 bridgehead atoms. The average molecular weight is 268 g/mol. The zero-order valence-corrected chi connectivity index (χ0v) is 12.9. The molecule has 2 heterocycles. The molecule has 0 aliphatic heterocycles. The van der Waals surface area contributed by atoms with Gasteiger partial charge in [0.2, 0.25) is 0 Å². The number of hydrogen-bond donors (Lipinski definition) is 0. The fourth-order valence-corrected chi connectivity index (χ4v) is 2.29. The van der Waals surface area contributed by atoms with E-state index in [1.54, 1.807) is 0 Å². The van der Waals surface area contributed by atoms with Gasteiger partial charge in [0, 0.05) is 23.8 Å². The molecule has 0 aliphatic carbocycles. The molecule has 2 heteroatoms. The lowest BCUT2D eigenvalue weighted by molar-refractivity contribution is 0.666. The van der Waals surface area contributed by atoms with Crippen molar-refractivity contribution in [3.63, 3.8) is 0 Å². The van der Waals surface area contributed by atoms with Gasteiger partial charge in [-0.3, -0.25) is 9.97 Å². The lowest BCUT2D eigenvalue weighted by Crippen LogP contribution is -2.00. The van der Waals surface area contributed by atoms with E-state index in [0.717, 1.165) is 18.5 Å². The molecule has 106 valence electrons. The quantitative estimate of drug-likeness (QED) is 0.789. The average Bonchev–Trinajstić information content (AvgIpc) is 2.46. The van der Waals surface area contributed by atoms with Gasteiger partial charge in [0.15, 0.2) is 0 Å². The van der Waals surface area contributed by atoms with Crippen LogP contribution >= 0.6 is 0 Å². The monoisotopic (exact) mass is 268 g/mol. The summed E-state index contributed by atoms with van der Waals surface area (Å²) in [5, 5.41) is 0. The normalized spacial score (nSPS) is 12.7. The van der Waals surface area contributed by atoms with Crippen LogP contribution in [0.15, 0.2) is 36.7 Å². The van der Waals surface area contributed by atoms with Crippen molar-refractivity contribution in [3.8, 4) is 0 Å². The van der Waals surface area contributed by atoms with Crippen LogP contribution in [0.4, 0.5) is 0 Å². The second-order valence-corrected chi connectivity index (χ2v) is 5.91. The van der Waals surface area contributed by atoms with E-state index in [1.807, 2.05) is 19.3 Å². The maximum absolute atomic E-state index is 4.49. The highest BCUT2D eigenvalue weighted by molar-refractivity contribution is 5.21. The summed E-state index contributed by atoms with van der Waals surface area (Å²) in [6.45, 7) is 8.73. The van der Waals surface area contributed by atoms with Gasteiger partial charge in [-0.2, -0.15) is 0 Å². The fraction of sp³-hybridized carbons (Fsp3) is 0.444. The third kappa shape index (κ3) is 3.89. The molecule has 0 saturated heterocycles. The SMILES string of the molecule is Cc1ccc(C(C)CCc2cc(C(C)C)ccn2)cn1. The highest BCUT2D eigenvalue weighted by Gasteiger charge is 2.08. The Morgan fingerprint density at radius 1 is 1.00 bits per heavy atom. The van der Waals surface area contributed by atoms with E-state index in [2.05, 4.69) is 55.0 Å². The van der Waals surface area contributed by atoms with E-state index in [0.29, 0.717) is 11.8 Å². The Kier molecular flexibility index (Phi) is 4.89. The topological polar surface area (TPSA) is 25.8 Å². The summed E-state index contributed by atoms with van der Waals surface area (Å²) in [7, 11) is 0. The molecule has 1 atom stereocenters. The molecule has 0 aliphatic rings. The number of rotatable bonds is 5. The molecule has 0 spiro atoms. The van der Waals surface area contributed by atoms with Gasteiger partial charge < -0.3 is 0 Å². The molecule has 0 radical (unpaired) electrons. The summed E-state index contributed by atoms with van der Waals surface area (Å²) in [5.41, 5.74) is 4.96.